The van der Waals surface area contributed by atoms with E-state index in [4.69, 9.17) is 4.74 Å². The van der Waals surface area contributed by atoms with Crippen LogP contribution in [0.25, 0.3) is 16.7 Å². The SMILES string of the molecule is O=C(C1CCC(Oc2cccc(F)n2)CC1)N1CCC(O)(Cn2cnc3c(cnn3-c3ccc(F)cc3)c2=O)CC1. The van der Waals surface area contributed by atoms with Crippen LogP contribution in [-0.2, 0) is 11.3 Å². The third-order valence-electron chi connectivity index (χ3n) is 8.10. The van der Waals surface area contributed by atoms with Crippen molar-refractivity contribution < 1.29 is 23.4 Å². The minimum atomic E-state index is -1.16. The maximum atomic E-state index is 13.3. The number of hydrogen-bond acceptors (Lipinski definition) is 7. The molecule has 2 aliphatic rings. The van der Waals surface area contributed by atoms with Crippen LogP contribution < -0.4 is 10.3 Å². The molecular formula is C29H30F2N6O4. The second kappa shape index (κ2) is 11.0. The molecule has 4 heterocycles. The van der Waals surface area contributed by atoms with Crippen LogP contribution in [-0.4, -0.2) is 65.0 Å². The van der Waals surface area contributed by atoms with Crippen LogP contribution in [0.5, 0.6) is 5.88 Å². The Balaban J connectivity index is 1.04. The fourth-order valence-corrected chi connectivity index (χ4v) is 5.76. The maximum Gasteiger partial charge on any atom is 0.264 e. The van der Waals surface area contributed by atoms with E-state index in [-0.39, 0.29) is 41.7 Å². The predicted octanol–water partition coefficient (Wildman–Crippen LogP) is 3.25. The first-order valence-electron chi connectivity index (χ1n) is 13.8. The van der Waals surface area contributed by atoms with Crippen molar-refractivity contribution in [2.24, 2.45) is 5.92 Å². The Morgan fingerprint density at radius 1 is 1.05 bits per heavy atom. The van der Waals surface area contributed by atoms with Crippen LogP contribution in [0.2, 0.25) is 0 Å². The predicted molar refractivity (Wildman–Crippen MR) is 144 cm³/mol. The third kappa shape index (κ3) is 5.69. The number of aliphatic hydroxyl groups is 1. The summed E-state index contributed by atoms with van der Waals surface area (Å²) in [5.74, 6) is -0.753. The van der Waals surface area contributed by atoms with E-state index in [9.17, 15) is 23.5 Å². The molecule has 0 unspecified atom stereocenters. The number of piperidine rings is 1. The number of fused-ring (bicyclic) bond motifs is 1. The van der Waals surface area contributed by atoms with E-state index >= 15 is 0 Å². The summed E-state index contributed by atoms with van der Waals surface area (Å²) in [6.45, 7) is 0.840. The van der Waals surface area contributed by atoms with Crippen molar-refractivity contribution in [1.29, 1.82) is 0 Å². The molecule has 41 heavy (non-hydrogen) atoms. The summed E-state index contributed by atoms with van der Waals surface area (Å²) in [6.07, 6.45) is 6.09. The normalized spacial score (nSPS) is 20.7. The Hall–Kier alpha value is -4.19. The van der Waals surface area contributed by atoms with Crippen molar-refractivity contribution in [1.82, 2.24) is 29.2 Å². The molecule has 6 rings (SSSR count). The third-order valence-corrected chi connectivity index (χ3v) is 8.10. The number of carbonyl (C=O) groups excluding carboxylic acids is 1. The van der Waals surface area contributed by atoms with Crippen molar-refractivity contribution in [2.75, 3.05) is 13.1 Å². The van der Waals surface area contributed by atoms with Gasteiger partial charge in [-0.05, 0) is 68.9 Å². The van der Waals surface area contributed by atoms with E-state index in [1.165, 1.54) is 40.0 Å². The van der Waals surface area contributed by atoms with Crippen LogP contribution in [0.1, 0.15) is 38.5 Å². The van der Waals surface area contributed by atoms with Crippen LogP contribution in [0, 0.1) is 17.7 Å². The van der Waals surface area contributed by atoms with E-state index in [1.807, 2.05) is 0 Å². The molecule has 0 bridgehead atoms. The van der Waals surface area contributed by atoms with Crippen LogP contribution in [0.4, 0.5) is 8.78 Å². The highest BCUT2D eigenvalue weighted by Crippen LogP contribution is 2.31. The standard InChI is InChI=1S/C29H30F2N6O4/c30-20-6-8-21(9-7-20)37-26-23(16-33-37)28(39)36(18-32-26)17-29(40)12-14-35(15-13-29)27(38)19-4-10-22(11-5-19)41-25-3-1-2-24(31)34-25/h1-3,6-9,16,18-19,22,40H,4-5,10-15,17H2. The number of likely N-dealkylation sites (tertiary alicyclic amines) is 1. The zero-order chi connectivity index (χ0) is 28.6. The molecule has 1 saturated heterocycles. The maximum absolute atomic E-state index is 13.3. The highest BCUT2D eigenvalue weighted by atomic mass is 19.1. The van der Waals surface area contributed by atoms with Crippen molar-refractivity contribution in [2.45, 2.75) is 56.8 Å². The summed E-state index contributed by atoms with van der Waals surface area (Å²) >= 11 is 0. The molecule has 1 aliphatic heterocycles. The summed E-state index contributed by atoms with van der Waals surface area (Å²) in [5.41, 5.74) is -0.571. The molecule has 1 aliphatic carbocycles. The highest BCUT2D eigenvalue weighted by Gasteiger charge is 2.37. The molecule has 10 nitrogen and oxygen atoms in total. The highest BCUT2D eigenvalue weighted by molar-refractivity contribution is 5.79. The molecule has 1 amide bonds. The fraction of sp³-hybridized carbons (Fsp3) is 0.414. The lowest BCUT2D eigenvalue weighted by Crippen LogP contribution is -2.51. The van der Waals surface area contributed by atoms with Gasteiger partial charge in [0.25, 0.3) is 5.56 Å². The molecule has 0 atom stereocenters. The zero-order valence-electron chi connectivity index (χ0n) is 22.3. The zero-order valence-corrected chi connectivity index (χ0v) is 22.3. The topological polar surface area (TPSA) is 115 Å². The van der Waals surface area contributed by atoms with Gasteiger partial charge < -0.3 is 14.7 Å². The average Bonchev–Trinajstić information content (AvgIpc) is 3.40. The Labute approximate surface area is 234 Å². The molecular weight excluding hydrogens is 534 g/mol. The summed E-state index contributed by atoms with van der Waals surface area (Å²) < 4.78 is 35.3. The summed E-state index contributed by atoms with van der Waals surface area (Å²) in [7, 11) is 0. The first-order valence-corrected chi connectivity index (χ1v) is 13.8. The number of rotatable bonds is 6. The van der Waals surface area contributed by atoms with Crippen molar-refractivity contribution in [3.63, 3.8) is 0 Å². The first-order chi connectivity index (χ1) is 19.8. The van der Waals surface area contributed by atoms with Crippen molar-refractivity contribution >= 4 is 16.9 Å². The van der Waals surface area contributed by atoms with E-state index in [2.05, 4.69) is 15.1 Å². The smallest absolute Gasteiger partial charge is 0.264 e. The first kappa shape index (κ1) is 27.0. The molecule has 3 aromatic heterocycles. The second-order valence-electron chi connectivity index (χ2n) is 10.9. The number of hydrogen-bond donors (Lipinski definition) is 1. The molecule has 0 spiro atoms. The molecule has 1 N–H and O–H groups in total. The van der Waals surface area contributed by atoms with Crippen molar-refractivity contribution in [3.8, 4) is 11.6 Å². The Kier molecular flexibility index (Phi) is 7.24. The van der Waals surface area contributed by atoms with Gasteiger partial charge in [-0.25, -0.2) is 14.1 Å². The van der Waals surface area contributed by atoms with Gasteiger partial charge in [-0.15, -0.1) is 0 Å². The van der Waals surface area contributed by atoms with Crippen LogP contribution in [0.15, 0.2) is 59.8 Å². The quantitative estimate of drug-likeness (QED) is 0.358. The summed E-state index contributed by atoms with van der Waals surface area (Å²) in [5, 5.41) is 15.8. The molecule has 214 valence electrons. The van der Waals surface area contributed by atoms with E-state index in [0.29, 0.717) is 68.3 Å². The minimum absolute atomic E-state index is 0.0507. The molecule has 1 aromatic carbocycles. The minimum Gasteiger partial charge on any atom is -0.474 e. The van der Waals surface area contributed by atoms with Gasteiger partial charge in [0.1, 0.15) is 23.6 Å². The molecule has 12 heteroatoms. The lowest BCUT2D eigenvalue weighted by molar-refractivity contribution is -0.141. The van der Waals surface area contributed by atoms with E-state index in [0.717, 1.165) is 0 Å². The largest absolute Gasteiger partial charge is 0.474 e. The average molecular weight is 565 g/mol. The van der Waals surface area contributed by atoms with Gasteiger partial charge in [0.15, 0.2) is 5.65 Å². The van der Waals surface area contributed by atoms with Crippen LogP contribution >= 0.6 is 0 Å². The molecule has 0 radical (unpaired) electrons. The number of amides is 1. The monoisotopic (exact) mass is 564 g/mol. The van der Waals surface area contributed by atoms with Gasteiger partial charge in [-0.3, -0.25) is 14.2 Å². The van der Waals surface area contributed by atoms with Gasteiger partial charge in [0.2, 0.25) is 17.7 Å². The number of carbonyl (C=O) groups is 1. The number of benzene rings is 1. The van der Waals surface area contributed by atoms with Crippen LogP contribution in [0.3, 0.4) is 0 Å². The van der Waals surface area contributed by atoms with Gasteiger partial charge in [0.05, 0.1) is 24.0 Å². The number of halogens is 2. The molecule has 2 fully saturated rings. The Morgan fingerprint density at radius 2 is 1.78 bits per heavy atom. The van der Waals surface area contributed by atoms with Gasteiger partial charge in [0, 0.05) is 25.1 Å². The van der Waals surface area contributed by atoms with Gasteiger partial charge in [-0.1, -0.05) is 6.07 Å². The van der Waals surface area contributed by atoms with Gasteiger partial charge >= 0.3 is 0 Å². The summed E-state index contributed by atoms with van der Waals surface area (Å²) in [6, 6.07) is 10.2. The van der Waals surface area contributed by atoms with Crippen molar-refractivity contribution in [3.05, 3.63) is 77.1 Å². The van der Waals surface area contributed by atoms with E-state index < -0.39 is 11.5 Å². The number of pyridine rings is 1. The molecule has 4 aromatic rings. The summed E-state index contributed by atoms with van der Waals surface area (Å²) in [4.78, 5) is 36.3. The second-order valence-corrected chi connectivity index (χ2v) is 10.9. The lowest BCUT2D eigenvalue weighted by Gasteiger charge is -2.40. The Morgan fingerprint density at radius 3 is 2.49 bits per heavy atom. The Bertz CT molecular complexity index is 1610. The lowest BCUT2D eigenvalue weighted by atomic mass is 9.85. The van der Waals surface area contributed by atoms with E-state index in [1.54, 1.807) is 29.2 Å². The number of ether oxygens (including phenoxy) is 1. The number of nitrogens with zero attached hydrogens (tertiary/aromatic N) is 6. The number of aromatic nitrogens is 5. The van der Waals surface area contributed by atoms with Gasteiger partial charge in [-0.2, -0.15) is 14.5 Å². The molecule has 1 saturated carbocycles. The fourth-order valence-electron chi connectivity index (χ4n) is 5.76.